The maximum absolute atomic E-state index is 12.6. The fourth-order valence-electron chi connectivity index (χ4n) is 3.45. The second-order valence-electron chi connectivity index (χ2n) is 7.55. The Kier molecular flexibility index (Phi) is 5.48. The Morgan fingerprint density at radius 1 is 0.800 bits per heavy atom. The molecular formula is C24H25N5O. The maximum Gasteiger partial charge on any atom is 0.256 e. The first-order valence-corrected chi connectivity index (χ1v) is 9.97. The summed E-state index contributed by atoms with van der Waals surface area (Å²) in [4.78, 5) is 12.6. The summed E-state index contributed by atoms with van der Waals surface area (Å²) in [7, 11) is 0. The molecule has 0 radical (unpaired) electrons. The molecule has 0 unspecified atom stereocenters. The molecule has 6 heteroatoms. The van der Waals surface area contributed by atoms with E-state index in [9.17, 15) is 4.79 Å². The lowest BCUT2D eigenvalue weighted by molar-refractivity contribution is 0.102. The van der Waals surface area contributed by atoms with Gasteiger partial charge in [-0.05, 0) is 50.1 Å². The molecule has 0 aliphatic heterocycles. The third-order valence-corrected chi connectivity index (χ3v) is 5.05. The van der Waals surface area contributed by atoms with Crippen molar-refractivity contribution in [3.8, 4) is 0 Å². The zero-order valence-electron chi connectivity index (χ0n) is 17.5. The molecule has 0 saturated carbocycles. The van der Waals surface area contributed by atoms with Crippen LogP contribution in [0.15, 0.2) is 66.7 Å². The van der Waals surface area contributed by atoms with Crippen LogP contribution < -0.4 is 5.32 Å². The van der Waals surface area contributed by atoms with Gasteiger partial charge in [0.25, 0.3) is 5.91 Å². The molecule has 152 valence electrons. The molecule has 0 aliphatic carbocycles. The minimum Gasteiger partial charge on any atom is -0.305 e. The van der Waals surface area contributed by atoms with Gasteiger partial charge in [-0.15, -0.1) is 0 Å². The molecule has 4 aromatic rings. The normalized spacial score (nSPS) is 10.9. The van der Waals surface area contributed by atoms with E-state index in [4.69, 9.17) is 0 Å². The number of hydrogen-bond donors (Lipinski definition) is 1. The first-order chi connectivity index (χ1) is 14.5. The zero-order chi connectivity index (χ0) is 21.1. The number of rotatable bonds is 6. The standard InChI is InChI=1S/C24H25N5O/c1-17-13-18(2)28(26-17)16-21-9-11-22(12-10-21)24(30)25-23-14-19(3)29(27-23)15-20-7-5-4-6-8-20/h4-14H,15-16H2,1-3H3,(H,25,27,30). The number of nitrogens with one attached hydrogen (secondary N) is 1. The molecule has 6 nitrogen and oxygen atoms in total. The lowest BCUT2D eigenvalue weighted by Crippen LogP contribution is -2.13. The largest absolute Gasteiger partial charge is 0.305 e. The van der Waals surface area contributed by atoms with Crippen LogP contribution in [0.4, 0.5) is 5.82 Å². The van der Waals surface area contributed by atoms with Crippen molar-refractivity contribution in [1.29, 1.82) is 0 Å². The highest BCUT2D eigenvalue weighted by atomic mass is 16.1. The van der Waals surface area contributed by atoms with Crippen LogP contribution in [-0.4, -0.2) is 25.5 Å². The Balaban J connectivity index is 1.41. The van der Waals surface area contributed by atoms with Crippen LogP contribution >= 0.6 is 0 Å². The molecule has 0 bridgehead atoms. The number of aryl methyl sites for hydroxylation is 3. The van der Waals surface area contributed by atoms with E-state index in [2.05, 4.69) is 33.7 Å². The predicted octanol–water partition coefficient (Wildman–Crippen LogP) is 4.35. The number of carbonyl (C=O) groups is 1. The van der Waals surface area contributed by atoms with E-state index in [1.54, 1.807) is 0 Å². The molecule has 0 fully saturated rings. The number of amides is 1. The van der Waals surface area contributed by atoms with Gasteiger partial charge in [-0.2, -0.15) is 10.2 Å². The van der Waals surface area contributed by atoms with Gasteiger partial charge in [0.05, 0.1) is 18.8 Å². The SMILES string of the molecule is Cc1cc(C)n(Cc2ccc(C(=O)Nc3cc(C)n(Cc4ccccc4)n3)cc2)n1. The van der Waals surface area contributed by atoms with Gasteiger partial charge in [0.15, 0.2) is 5.82 Å². The lowest BCUT2D eigenvalue weighted by Gasteiger charge is -2.07. The van der Waals surface area contributed by atoms with E-state index in [1.165, 1.54) is 5.56 Å². The van der Waals surface area contributed by atoms with E-state index in [0.29, 0.717) is 24.5 Å². The molecule has 0 spiro atoms. The number of aromatic nitrogens is 4. The molecule has 0 saturated heterocycles. The summed E-state index contributed by atoms with van der Waals surface area (Å²) in [5, 5.41) is 11.9. The maximum atomic E-state index is 12.6. The Bertz CT molecular complexity index is 1160. The molecule has 2 aromatic heterocycles. The highest BCUT2D eigenvalue weighted by Gasteiger charge is 2.11. The molecule has 30 heavy (non-hydrogen) atoms. The van der Waals surface area contributed by atoms with E-state index >= 15 is 0 Å². The van der Waals surface area contributed by atoms with Crippen LogP contribution in [0.5, 0.6) is 0 Å². The van der Waals surface area contributed by atoms with Crippen LogP contribution in [0.1, 0.15) is 38.6 Å². The van der Waals surface area contributed by atoms with E-state index in [-0.39, 0.29) is 5.91 Å². The van der Waals surface area contributed by atoms with Crippen molar-refractivity contribution in [3.63, 3.8) is 0 Å². The number of hydrogen-bond acceptors (Lipinski definition) is 3. The average molecular weight is 399 g/mol. The molecule has 2 aromatic carbocycles. The van der Waals surface area contributed by atoms with Crippen molar-refractivity contribution in [2.24, 2.45) is 0 Å². The first-order valence-electron chi connectivity index (χ1n) is 9.97. The Labute approximate surface area is 176 Å². The number of carbonyl (C=O) groups excluding carboxylic acids is 1. The summed E-state index contributed by atoms with van der Waals surface area (Å²) in [6.45, 7) is 7.37. The van der Waals surface area contributed by atoms with E-state index in [0.717, 1.165) is 22.6 Å². The fraction of sp³-hybridized carbons (Fsp3) is 0.208. The fourth-order valence-corrected chi connectivity index (χ4v) is 3.45. The van der Waals surface area contributed by atoms with Crippen molar-refractivity contribution in [2.75, 3.05) is 5.32 Å². The van der Waals surface area contributed by atoms with Gasteiger partial charge in [0.1, 0.15) is 0 Å². The summed E-state index contributed by atoms with van der Waals surface area (Å²) in [5.74, 6) is 0.386. The minimum absolute atomic E-state index is 0.169. The van der Waals surface area contributed by atoms with Crippen LogP contribution in [0.3, 0.4) is 0 Å². The molecular weight excluding hydrogens is 374 g/mol. The number of nitrogens with zero attached hydrogens (tertiary/aromatic N) is 4. The Morgan fingerprint density at radius 3 is 2.03 bits per heavy atom. The second-order valence-corrected chi connectivity index (χ2v) is 7.55. The van der Waals surface area contributed by atoms with Crippen molar-refractivity contribution in [3.05, 3.63) is 101 Å². The zero-order valence-corrected chi connectivity index (χ0v) is 17.5. The molecule has 2 heterocycles. The highest BCUT2D eigenvalue weighted by molar-refractivity contribution is 6.03. The van der Waals surface area contributed by atoms with Gasteiger partial charge in [0.2, 0.25) is 0 Å². The Hall–Kier alpha value is -3.67. The smallest absolute Gasteiger partial charge is 0.256 e. The second kappa shape index (κ2) is 8.37. The monoisotopic (exact) mass is 399 g/mol. The van der Waals surface area contributed by atoms with Crippen molar-refractivity contribution in [2.45, 2.75) is 33.9 Å². The molecule has 0 atom stereocenters. The summed E-state index contributed by atoms with van der Waals surface area (Å²) < 4.78 is 3.86. The lowest BCUT2D eigenvalue weighted by atomic mass is 10.1. The van der Waals surface area contributed by atoms with Crippen LogP contribution in [-0.2, 0) is 13.1 Å². The van der Waals surface area contributed by atoms with Gasteiger partial charge in [-0.25, -0.2) is 0 Å². The third-order valence-electron chi connectivity index (χ3n) is 5.05. The van der Waals surface area contributed by atoms with Gasteiger partial charge < -0.3 is 5.32 Å². The van der Waals surface area contributed by atoms with Gasteiger partial charge in [0, 0.05) is 23.0 Å². The number of anilines is 1. The Morgan fingerprint density at radius 2 is 1.40 bits per heavy atom. The van der Waals surface area contributed by atoms with E-state index < -0.39 is 0 Å². The summed E-state index contributed by atoms with van der Waals surface area (Å²) in [5.41, 5.74) is 5.98. The predicted molar refractivity (Wildman–Crippen MR) is 118 cm³/mol. The topological polar surface area (TPSA) is 64.7 Å². The van der Waals surface area contributed by atoms with Crippen molar-refractivity contribution < 1.29 is 4.79 Å². The van der Waals surface area contributed by atoms with Crippen LogP contribution in [0.25, 0.3) is 0 Å². The van der Waals surface area contributed by atoms with Crippen LogP contribution in [0.2, 0.25) is 0 Å². The van der Waals surface area contributed by atoms with Gasteiger partial charge in [-0.3, -0.25) is 14.2 Å². The average Bonchev–Trinajstić information content (AvgIpc) is 3.23. The summed E-state index contributed by atoms with van der Waals surface area (Å²) in [6.07, 6.45) is 0. The first kappa shape index (κ1) is 19.6. The molecule has 1 amide bonds. The molecule has 0 aliphatic rings. The summed E-state index contributed by atoms with van der Waals surface area (Å²) >= 11 is 0. The minimum atomic E-state index is -0.169. The van der Waals surface area contributed by atoms with Crippen molar-refractivity contribution in [1.82, 2.24) is 19.6 Å². The molecule has 1 N–H and O–H groups in total. The highest BCUT2D eigenvalue weighted by Crippen LogP contribution is 2.14. The molecule has 4 rings (SSSR count). The van der Waals surface area contributed by atoms with Gasteiger partial charge >= 0.3 is 0 Å². The summed E-state index contributed by atoms with van der Waals surface area (Å²) in [6, 6.07) is 21.7. The van der Waals surface area contributed by atoms with Crippen molar-refractivity contribution >= 4 is 11.7 Å². The quantitative estimate of drug-likeness (QED) is 0.524. The van der Waals surface area contributed by atoms with Gasteiger partial charge in [-0.1, -0.05) is 42.5 Å². The van der Waals surface area contributed by atoms with Crippen LogP contribution in [0, 0.1) is 20.8 Å². The third kappa shape index (κ3) is 4.49. The van der Waals surface area contributed by atoms with E-state index in [1.807, 2.05) is 78.7 Å². The number of benzene rings is 2.